The van der Waals surface area contributed by atoms with Gasteiger partial charge < -0.3 is 15.5 Å². The molecule has 0 bridgehead atoms. The van der Waals surface area contributed by atoms with Gasteiger partial charge in [-0.1, -0.05) is 24.3 Å². The number of carbonyl (C=O) groups excluding carboxylic acids is 1. The second kappa shape index (κ2) is 9.12. The first-order valence-electron chi connectivity index (χ1n) is 11.2. The van der Waals surface area contributed by atoms with Crippen LogP contribution in [0.15, 0.2) is 54.6 Å². The van der Waals surface area contributed by atoms with E-state index in [9.17, 15) is 10.0 Å². The Bertz CT molecular complexity index is 1280. The average Bonchev–Trinajstić information content (AvgIpc) is 3.38. The fraction of sp³-hybridized carbons (Fsp3) is 0.240. The van der Waals surface area contributed by atoms with Gasteiger partial charge in [-0.05, 0) is 56.2 Å². The highest BCUT2D eigenvalue weighted by Crippen LogP contribution is 2.33. The van der Waals surface area contributed by atoms with Crippen LogP contribution < -0.4 is 20.8 Å². The van der Waals surface area contributed by atoms with Crippen LogP contribution in [-0.2, 0) is 29.2 Å². The van der Waals surface area contributed by atoms with Gasteiger partial charge in [0.15, 0.2) is 0 Å². The maximum Gasteiger partial charge on any atom is 0.248 e. The van der Waals surface area contributed by atoms with Crippen LogP contribution in [0, 0.1) is 6.92 Å². The minimum atomic E-state index is -0.146. The first-order chi connectivity index (χ1) is 16.5. The Morgan fingerprint density at radius 2 is 2.09 bits per heavy atom. The Hall–Kier alpha value is -3.95. The van der Waals surface area contributed by atoms with E-state index in [1.807, 2.05) is 50.2 Å². The van der Waals surface area contributed by atoms with Gasteiger partial charge in [0.1, 0.15) is 18.1 Å². The van der Waals surface area contributed by atoms with Gasteiger partial charge in [0, 0.05) is 41.3 Å². The largest absolute Gasteiger partial charge is 0.352 e. The van der Waals surface area contributed by atoms with Gasteiger partial charge in [-0.15, -0.1) is 5.23 Å². The van der Waals surface area contributed by atoms with E-state index in [0.29, 0.717) is 24.8 Å². The van der Waals surface area contributed by atoms with E-state index in [1.165, 1.54) is 6.08 Å². The molecule has 9 nitrogen and oxygen atoms in total. The normalized spacial score (nSPS) is 14.4. The van der Waals surface area contributed by atoms with Gasteiger partial charge in [-0.2, -0.15) is 4.98 Å². The van der Waals surface area contributed by atoms with E-state index in [1.54, 1.807) is 12.1 Å². The molecule has 0 fully saturated rings. The van der Waals surface area contributed by atoms with Crippen molar-refractivity contribution in [2.75, 3.05) is 27.3 Å². The number of aryl methyl sites for hydroxylation is 1. The predicted octanol–water partition coefficient (Wildman–Crippen LogP) is 4.25. The highest BCUT2D eigenvalue weighted by atomic mass is 16.9. The van der Waals surface area contributed by atoms with Crippen molar-refractivity contribution in [2.45, 2.75) is 33.4 Å². The number of nitrogens with zero attached hydrogens (tertiary/aromatic N) is 4. The number of allylic oxidation sites excluding steroid dienone is 1. The molecule has 2 aliphatic rings. The Morgan fingerprint density at radius 1 is 1.21 bits per heavy atom. The monoisotopic (exact) mass is 458 g/mol. The molecule has 2 aromatic carbocycles. The number of carbonyl (C=O) groups is 1. The molecule has 1 amide bonds. The summed E-state index contributed by atoms with van der Waals surface area (Å²) in [5.74, 6) is 1.26. The lowest BCUT2D eigenvalue weighted by Gasteiger charge is -2.20. The average molecular weight is 459 g/mol. The van der Waals surface area contributed by atoms with E-state index in [4.69, 9.17) is 9.82 Å². The molecule has 0 unspecified atom stereocenters. The first kappa shape index (κ1) is 21.9. The minimum absolute atomic E-state index is 0.146. The second-order valence-electron chi connectivity index (χ2n) is 8.31. The van der Waals surface area contributed by atoms with Gasteiger partial charge in [0.25, 0.3) is 0 Å². The van der Waals surface area contributed by atoms with Crippen molar-refractivity contribution in [3.63, 3.8) is 0 Å². The summed E-state index contributed by atoms with van der Waals surface area (Å²) in [7, 11) is 0. The number of fused-ring (bicyclic) bond motifs is 2. The van der Waals surface area contributed by atoms with Crippen LogP contribution in [0.2, 0.25) is 0 Å². The molecule has 3 aromatic rings. The molecule has 3 heterocycles. The van der Waals surface area contributed by atoms with Crippen LogP contribution in [0.25, 0.3) is 0 Å². The third-order valence-corrected chi connectivity index (χ3v) is 5.90. The number of nitrogens with one attached hydrogen (secondary N) is 2. The maximum absolute atomic E-state index is 11.9. The van der Waals surface area contributed by atoms with Crippen molar-refractivity contribution in [3.8, 4) is 0 Å². The summed E-state index contributed by atoms with van der Waals surface area (Å²) in [6.07, 6.45) is 4.10. The lowest BCUT2D eigenvalue weighted by atomic mass is 10.2. The summed E-state index contributed by atoms with van der Waals surface area (Å²) in [4.78, 5) is 28.7. The molecule has 1 aromatic heterocycles. The zero-order valence-corrected chi connectivity index (χ0v) is 19.1. The summed E-state index contributed by atoms with van der Waals surface area (Å²) < 4.78 is 0. The zero-order chi connectivity index (χ0) is 23.7. The highest BCUT2D eigenvalue weighted by molar-refractivity contribution is 5.99. The van der Waals surface area contributed by atoms with E-state index < -0.39 is 0 Å². The van der Waals surface area contributed by atoms with Crippen molar-refractivity contribution < 1.29 is 14.8 Å². The molecular formula is C25H26N6O3. The van der Waals surface area contributed by atoms with Gasteiger partial charge in [0.2, 0.25) is 11.9 Å². The molecule has 2 aliphatic heterocycles. The third kappa shape index (κ3) is 4.43. The molecule has 0 saturated carbocycles. The Kier molecular flexibility index (Phi) is 5.87. The number of anilines is 5. The standard InChI is InChI=1S/C25H26N6O3/c1-3-5-23(32)27-19-7-4-6-17(12-19)14-30-11-10-21-16(2)26-25(29-24(21)30)28-20-9-8-18-15-34-31(33)22(18)13-20/h3-9,12-13,33H,10-11,14-15H2,1-2H3,(H,27,32)(H,26,28,29)/b5-3+. The highest BCUT2D eigenvalue weighted by Gasteiger charge is 2.25. The molecule has 0 saturated heterocycles. The molecule has 34 heavy (non-hydrogen) atoms. The first-order valence-corrected chi connectivity index (χ1v) is 11.2. The van der Waals surface area contributed by atoms with E-state index in [-0.39, 0.29) is 5.91 Å². The number of aromatic nitrogens is 2. The van der Waals surface area contributed by atoms with Crippen molar-refractivity contribution in [3.05, 3.63) is 77.0 Å². The van der Waals surface area contributed by atoms with Gasteiger partial charge in [-0.3, -0.25) is 10.0 Å². The summed E-state index contributed by atoms with van der Waals surface area (Å²) in [5.41, 5.74) is 6.21. The molecule has 3 N–H and O–H groups in total. The van der Waals surface area contributed by atoms with Crippen molar-refractivity contribution in [1.29, 1.82) is 0 Å². The summed E-state index contributed by atoms with van der Waals surface area (Å²) >= 11 is 0. The lowest BCUT2D eigenvalue weighted by molar-refractivity contribution is -0.111. The number of amides is 1. The SMILES string of the molecule is C/C=C/C(=O)Nc1cccc(CN2CCc3c(C)nc(Nc4ccc5c(c4)N(O)OC5)nc32)c1. The smallest absolute Gasteiger partial charge is 0.248 e. The molecule has 9 heteroatoms. The van der Waals surface area contributed by atoms with Crippen LogP contribution in [0.3, 0.4) is 0 Å². The lowest BCUT2D eigenvalue weighted by Crippen LogP contribution is -2.21. The van der Waals surface area contributed by atoms with E-state index in [0.717, 1.165) is 57.8 Å². The van der Waals surface area contributed by atoms with Crippen molar-refractivity contribution in [2.24, 2.45) is 0 Å². The van der Waals surface area contributed by atoms with Crippen LogP contribution in [0.1, 0.15) is 29.3 Å². The van der Waals surface area contributed by atoms with Crippen molar-refractivity contribution >= 4 is 34.7 Å². The van der Waals surface area contributed by atoms with Crippen LogP contribution in [0.4, 0.5) is 28.8 Å². The second-order valence-corrected chi connectivity index (χ2v) is 8.31. The molecule has 0 radical (unpaired) electrons. The quantitative estimate of drug-likeness (QED) is 0.471. The number of benzene rings is 2. The van der Waals surface area contributed by atoms with E-state index in [2.05, 4.69) is 20.5 Å². The fourth-order valence-corrected chi connectivity index (χ4v) is 4.27. The minimum Gasteiger partial charge on any atom is -0.352 e. The Labute approximate surface area is 197 Å². The number of hydrogen-bond acceptors (Lipinski definition) is 8. The molecule has 0 atom stereocenters. The van der Waals surface area contributed by atoms with Gasteiger partial charge in [0.05, 0.1) is 0 Å². The maximum atomic E-state index is 11.9. The van der Waals surface area contributed by atoms with Crippen LogP contribution >= 0.6 is 0 Å². The molecule has 0 spiro atoms. The summed E-state index contributed by atoms with van der Waals surface area (Å²) in [6.45, 7) is 5.67. The fourth-order valence-electron chi connectivity index (χ4n) is 4.27. The Morgan fingerprint density at radius 3 is 2.94 bits per heavy atom. The van der Waals surface area contributed by atoms with Gasteiger partial charge in [-0.25, -0.2) is 9.82 Å². The van der Waals surface area contributed by atoms with Gasteiger partial charge >= 0.3 is 0 Å². The number of rotatable bonds is 6. The summed E-state index contributed by atoms with van der Waals surface area (Å²) in [6, 6.07) is 13.5. The third-order valence-electron chi connectivity index (χ3n) is 5.90. The zero-order valence-electron chi connectivity index (χ0n) is 19.1. The topological polar surface area (TPSA) is 103 Å². The van der Waals surface area contributed by atoms with Crippen LogP contribution in [-0.4, -0.2) is 27.6 Å². The Balaban J connectivity index is 1.35. The van der Waals surface area contributed by atoms with Crippen LogP contribution in [0.5, 0.6) is 0 Å². The molecule has 5 rings (SSSR count). The molecule has 174 valence electrons. The van der Waals surface area contributed by atoms with E-state index >= 15 is 0 Å². The molecule has 0 aliphatic carbocycles. The molecular weight excluding hydrogens is 432 g/mol. The summed E-state index contributed by atoms with van der Waals surface area (Å²) in [5, 5.41) is 16.8. The number of hydrogen-bond donors (Lipinski definition) is 3. The van der Waals surface area contributed by atoms with Crippen molar-refractivity contribution in [1.82, 2.24) is 9.97 Å². The predicted molar refractivity (Wildman–Crippen MR) is 130 cm³/mol.